The van der Waals surface area contributed by atoms with Crippen molar-refractivity contribution in [3.8, 4) is 5.75 Å². The molecule has 0 aliphatic carbocycles. The van der Waals surface area contributed by atoms with Crippen LogP contribution >= 0.6 is 0 Å². The Morgan fingerprint density at radius 2 is 2.19 bits per heavy atom. The molecule has 1 aliphatic heterocycles. The molecule has 0 saturated carbocycles. The van der Waals surface area contributed by atoms with Crippen molar-refractivity contribution in [2.45, 2.75) is 25.9 Å². The molecule has 2 aromatic heterocycles. The molecule has 1 N–H and O–H groups in total. The van der Waals surface area contributed by atoms with E-state index in [1.807, 2.05) is 12.1 Å². The Bertz CT molecular complexity index is 967. The van der Waals surface area contributed by atoms with Gasteiger partial charge in [-0.2, -0.15) is 0 Å². The van der Waals surface area contributed by atoms with E-state index in [2.05, 4.69) is 40.3 Å². The molecule has 0 bridgehead atoms. The highest BCUT2D eigenvalue weighted by atomic mass is 16.5. The number of pyridine rings is 1. The van der Waals surface area contributed by atoms with Crippen molar-refractivity contribution >= 4 is 17.3 Å². The fourth-order valence-corrected chi connectivity index (χ4v) is 3.55. The molecule has 0 spiro atoms. The Morgan fingerprint density at radius 3 is 3.04 bits per heavy atom. The van der Waals surface area contributed by atoms with Crippen molar-refractivity contribution in [2.24, 2.45) is 0 Å². The number of rotatable bonds is 5. The SMILES string of the molecule is COc1ccncc1NC(=O)c1occc1CN1c2ccccc2C[C@H]1C. The number of aromatic nitrogens is 1. The Labute approximate surface area is 157 Å². The maximum Gasteiger partial charge on any atom is 0.291 e. The minimum absolute atomic E-state index is 0.303. The molecule has 0 unspecified atom stereocenters. The molecule has 138 valence electrons. The van der Waals surface area contributed by atoms with Crippen LogP contribution in [0.2, 0.25) is 0 Å². The number of benzene rings is 1. The highest BCUT2D eigenvalue weighted by Gasteiger charge is 2.27. The number of nitrogens with one attached hydrogen (secondary N) is 1. The highest BCUT2D eigenvalue weighted by Crippen LogP contribution is 2.33. The molecule has 3 aromatic rings. The van der Waals surface area contributed by atoms with Crippen molar-refractivity contribution in [1.82, 2.24) is 4.98 Å². The van der Waals surface area contributed by atoms with Crippen LogP contribution in [0.3, 0.4) is 0 Å². The number of hydrogen-bond acceptors (Lipinski definition) is 5. The summed E-state index contributed by atoms with van der Waals surface area (Å²) in [6, 6.07) is 12.3. The summed E-state index contributed by atoms with van der Waals surface area (Å²) in [6.45, 7) is 2.81. The van der Waals surface area contributed by atoms with Crippen LogP contribution in [-0.4, -0.2) is 24.0 Å². The minimum Gasteiger partial charge on any atom is -0.494 e. The second kappa shape index (κ2) is 7.15. The number of ether oxygens (including phenoxy) is 1. The zero-order valence-corrected chi connectivity index (χ0v) is 15.3. The van der Waals surface area contributed by atoms with Crippen molar-refractivity contribution in [3.63, 3.8) is 0 Å². The topological polar surface area (TPSA) is 67.6 Å². The Morgan fingerprint density at radius 1 is 1.33 bits per heavy atom. The molecule has 1 amide bonds. The van der Waals surface area contributed by atoms with E-state index in [0.29, 0.717) is 29.8 Å². The van der Waals surface area contributed by atoms with Gasteiger partial charge in [0.25, 0.3) is 5.91 Å². The lowest BCUT2D eigenvalue weighted by molar-refractivity contribution is 0.0995. The summed E-state index contributed by atoms with van der Waals surface area (Å²) in [4.78, 5) is 19.1. The van der Waals surface area contributed by atoms with E-state index in [4.69, 9.17) is 9.15 Å². The molecule has 0 radical (unpaired) electrons. The van der Waals surface area contributed by atoms with Gasteiger partial charge in [0, 0.05) is 36.1 Å². The van der Waals surface area contributed by atoms with E-state index < -0.39 is 0 Å². The summed E-state index contributed by atoms with van der Waals surface area (Å²) < 4.78 is 10.8. The first-order valence-electron chi connectivity index (χ1n) is 8.87. The first-order valence-corrected chi connectivity index (χ1v) is 8.87. The summed E-state index contributed by atoms with van der Waals surface area (Å²) in [5, 5.41) is 2.82. The molecule has 27 heavy (non-hydrogen) atoms. The van der Waals surface area contributed by atoms with Gasteiger partial charge < -0.3 is 19.4 Å². The van der Waals surface area contributed by atoms with Gasteiger partial charge >= 0.3 is 0 Å². The van der Waals surface area contributed by atoms with Crippen molar-refractivity contribution in [1.29, 1.82) is 0 Å². The molecule has 6 nitrogen and oxygen atoms in total. The van der Waals surface area contributed by atoms with E-state index in [-0.39, 0.29) is 5.91 Å². The second-order valence-electron chi connectivity index (χ2n) is 6.61. The van der Waals surface area contributed by atoms with Gasteiger partial charge in [0.05, 0.1) is 19.6 Å². The maximum absolute atomic E-state index is 12.8. The van der Waals surface area contributed by atoms with Crippen LogP contribution in [0.4, 0.5) is 11.4 Å². The molecule has 0 fully saturated rings. The van der Waals surface area contributed by atoms with Gasteiger partial charge in [0.15, 0.2) is 5.76 Å². The number of fused-ring (bicyclic) bond motifs is 1. The van der Waals surface area contributed by atoms with Gasteiger partial charge in [-0.25, -0.2) is 0 Å². The number of carbonyl (C=O) groups excluding carboxylic acids is 1. The fraction of sp³-hybridized carbons (Fsp3) is 0.238. The third kappa shape index (κ3) is 3.26. The molecule has 3 heterocycles. The lowest BCUT2D eigenvalue weighted by atomic mass is 10.1. The zero-order valence-electron chi connectivity index (χ0n) is 15.3. The summed E-state index contributed by atoms with van der Waals surface area (Å²) >= 11 is 0. The number of nitrogens with zero attached hydrogens (tertiary/aromatic N) is 2. The smallest absolute Gasteiger partial charge is 0.291 e. The van der Waals surface area contributed by atoms with Crippen LogP contribution in [0.25, 0.3) is 0 Å². The molecule has 4 rings (SSSR count). The third-order valence-corrected chi connectivity index (χ3v) is 4.89. The van der Waals surface area contributed by atoms with Crippen LogP contribution in [0, 0.1) is 0 Å². The molecule has 1 atom stereocenters. The maximum atomic E-state index is 12.8. The lowest BCUT2D eigenvalue weighted by Gasteiger charge is -2.24. The van der Waals surface area contributed by atoms with Gasteiger partial charge in [-0.05, 0) is 31.0 Å². The molecular formula is C21H21N3O3. The van der Waals surface area contributed by atoms with Crippen molar-refractivity contribution in [2.75, 3.05) is 17.3 Å². The van der Waals surface area contributed by atoms with Crippen molar-refractivity contribution < 1.29 is 13.9 Å². The summed E-state index contributed by atoms with van der Waals surface area (Å²) in [5.41, 5.74) is 3.90. The highest BCUT2D eigenvalue weighted by molar-refractivity contribution is 6.04. The van der Waals surface area contributed by atoms with E-state index in [1.165, 1.54) is 11.3 Å². The molecule has 1 aromatic carbocycles. The number of carbonyl (C=O) groups is 1. The van der Waals surface area contributed by atoms with Gasteiger partial charge in [-0.3, -0.25) is 9.78 Å². The van der Waals surface area contributed by atoms with Crippen LogP contribution in [0.1, 0.15) is 28.6 Å². The number of methoxy groups -OCH3 is 1. The van der Waals surface area contributed by atoms with Crippen LogP contribution in [0.15, 0.2) is 59.5 Å². The van der Waals surface area contributed by atoms with Gasteiger partial charge in [-0.1, -0.05) is 18.2 Å². The average molecular weight is 363 g/mol. The largest absolute Gasteiger partial charge is 0.494 e. The number of para-hydroxylation sites is 1. The Hall–Kier alpha value is -3.28. The fourth-order valence-electron chi connectivity index (χ4n) is 3.55. The average Bonchev–Trinajstić information content (AvgIpc) is 3.27. The van der Waals surface area contributed by atoms with E-state index in [9.17, 15) is 4.79 Å². The molecular weight excluding hydrogens is 342 g/mol. The number of amides is 1. The standard InChI is InChI=1S/C21H21N3O3/c1-14-11-15-5-3-4-6-18(15)24(14)13-16-8-10-27-20(16)21(25)23-17-12-22-9-7-19(17)26-2/h3-10,12,14H,11,13H2,1-2H3,(H,23,25)/t14-/m1/s1. The van der Waals surface area contributed by atoms with E-state index in [1.54, 1.807) is 31.8 Å². The lowest BCUT2D eigenvalue weighted by Crippen LogP contribution is -2.29. The van der Waals surface area contributed by atoms with Crippen LogP contribution in [-0.2, 0) is 13.0 Å². The van der Waals surface area contributed by atoms with Gasteiger partial charge in [0.2, 0.25) is 0 Å². The Kier molecular flexibility index (Phi) is 4.54. The van der Waals surface area contributed by atoms with Crippen molar-refractivity contribution in [3.05, 3.63) is 71.9 Å². The molecule has 1 aliphatic rings. The van der Waals surface area contributed by atoms with Crippen LogP contribution < -0.4 is 15.0 Å². The second-order valence-corrected chi connectivity index (χ2v) is 6.61. The summed E-state index contributed by atoms with van der Waals surface area (Å²) in [7, 11) is 1.55. The molecule has 0 saturated heterocycles. The normalized spacial score (nSPS) is 15.5. The third-order valence-electron chi connectivity index (χ3n) is 4.89. The number of hydrogen-bond donors (Lipinski definition) is 1. The summed E-state index contributed by atoms with van der Waals surface area (Å²) in [5.74, 6) is 0.535. The zero-order chi connectivity index (χ0) is 18.8. The van der Waals surface area contributed by atoms with Gasteiger partial charge in [-0.15, -0.1) is 0 Å². The quantitative estimate of drug-likeness (QED) is 0.745. The van der Waals surface area contributed by atoms with Gasteiger partial charge in [0.1, 0.15) is 11.4 Å². The van der Waals surface area contributed by atoms with E-state index in [0.717, 1.165) is 12.0 Å². The Balaban J connectivity index is 1.56. The minimum atomic E-state index is -0.318. The first kappa shape index (κ1) is 17.1. The van der Waals surface area contributed by atoms with Crippen LogP contribution in [0.5, 0.6) is 5.75 Å². The number of anilines is 2. The molecule has 6 heteroatoms. The first-order chi connectivity index (χ1) is 13.2. The monoisotopic (exact) mass is 363 g/mol. The predicted octanol–water partition coefficient (Wildman–Crippen LogP) is 3.89. The summed E-state index contributed by atoms with van der Waals surface area (Å²) in [6.07, 6.45) is 5.72. The number of furan rings is 1. The predicted molar refractivity (Wildman–Crippen MR) is 103 cm³/mol. The van der Waals surface area contributed by atoms with E-state index >= 15 is 0 Å².